The van der Waals surface area contributed by atoms with Crippen molar-refractivity contribution >= 4 is 7.85 Å². The van der Waals surface area contributed by atoms with Gasteiger partial charge in [0, 0.05) is 19.4 Å². The van der Waals surface area contributed by atoms with Crippen molar-refractivity contribution in [2.75, 3.05) is 13.2 Å². The Hall–Kier alpha value is -0.0951. The molecule has 0 aromatic heterocycles. The van der Waals surface area contributed by atoms with Crippen molar-refractivity contribution in [2.45, 2.75) is 56.6 Å². The Kier molecular flexibility index (Phi) is 3.90. The normalized spacial score (nSPS) is 42.5. The lowest BCUT2D eigenvalue weighted by Crippen LogP contribution is -2.43. The third-order valence-corrected chi connectivity index (χ3v) is 3.49. The van der Waals surface area contributed by atoms with Crippen molar-refractivity contribution in [3.8, 4) is 0 Å². The van der Waals surface area contributed by atoms with Crippen LogP contribution in [-0.4, -0.2) is 50.2 Å². The highest BCUT2D eigenvalue weighted by atomic mass is 16.7. The maximum Gasteiger partial charge on any atom is 0.160 e. The first-order chi connectivity index (χ1) is 7.69. The van der Waals surface area contributed by atoms with E-state index in [2.05, 4.69) is 6.92 Å². The van der Waals surface area contributed by atoms with Crippen LogP contribution in [0.4, 0.5) is 0 Å². The van der Waals surface area contributed by atoms with Crippen LogP contribution in [0, 0.1) is 0 Å². The molecular formula is C11H21BO4. The molecule has 2 fully saturated rings. The summed E-state index contributed by atoms with van der Waals surface area (Å²) in [6, 6.07) is 0.0620. The highest BCUT2D eigenvalue weighted by Crippen LogP contribution is 2.40. The summed E-state index contributed by atoms with van der Waals surface area (Å²) in [6.07, 6.45) is 3.48. The molecule has 4 atom stereocenters. The van der Waals surface area contributed by atoms with Crippen molar-refractivity contribution in [1.29, 1.82) is 0 Å². The first-order valence-corrected chi connectivity index (χ1v) is 6.25. The number of aliphatic hydroxyl groups excluding tert-OH is 1. The summed E-state index contributed by atoms with van der Waals surface area (Å²) < 4.78 is 17.3. The molecule has 0 spiro atoms. The maximum atomic E-state index is 9.44. The molecule has 2 unspecified atom stereocenters. The van der Waals surface area contributed by atoms with Gasteiger partial charge in [0.1, 0.15) is 7.85 Å². The average Bonchev–Trinajstić information content (AvgIpc) is 2.51. The van der Waals surface area contributed by atoms with Crippen LogP contribution in [-0.2, 0) is 14.2 Å². The molecule has 2 saturated heterocycles. The summed E-state index contributed by atoms with van der Waals surface area (Å²) in [6.45, 7) is 2.92. The number of rotatable bonds is 5. The van der Waals surface area contributed by atoms with Crippen LogP contribution in [0.2, 0.25) is 0 Å². The zero-order valence-electron chi connectivity index (χ0n) is 10.1. The van der Waals surface area contributed by atoms with Crippen LogP contribution >= 0.6 is 0 Å². The molecule has 0 aromatic carbocycles. The Morgan fingerprint density at radius 1 is 1.50 bits per heavy atom. The Morgan fingerprint density at radius 2 is 2.31 bits per heavy atom. The molecule has 0 saturated carbocycles. The fraction of sp³-hybridized carbons (Fsp3) is 1.00. The second-order valence-electron chi connectivity index (χ2n) is 4.90. The van der Waals surface area contributed by atoms with Crippen molar-refractivity contribution in [2.24, 2.45) is 0 Å². The van der Waals surface area contributed by atoms with Crippen molar-refractivity contribution in [1.82, 2.24) is 0 Å². The third-order valence-electron chi connectivity index (χ3n) is 3.49. The van der Waals surface area contributed by atoms with Crippen molar-refractivity contribution in [3.05, 3.63) is 0 Å². The van der Waals surface area contributed by atoms with Gasteiger partial charge in [-0.3, -0.25) is 0 Å². The van der Waals surface area contributed by atoms with Gasteiger partial charge in [-0.2, -0.15) is 0 Å². The van der Waals surface area contributed by atoms with Gasteiger partial charge in [-0.15, -0.1) is 0 Å². The summed E-state index contributed by atoms with van der Waals surface area (Å²) in [4.78, 5) is 0. The van der Waals surface area contributed by atoms with Gasteiger partial charge in [-0.1, -0.05) is 13.3 Å². The predicted molar refractivity (Wildman–Crippen MR) is 62.0 cm³/mol. The Balaban J connectivity index is 1.89. The second kappa shape index (κ2) is 5.04. The molecular weight excluding hydrogens is 207 g/mol. The van der Waals surface area contributed by atoms with E-state index in [4.69, 9.17) is 14.2 Å². The summed E-state index contributed by atoms with van der Waals surface area (Å²) in [5.41, 5.74) is -0.417. The Bertz CT molecular complexity index is 234. The molecule has 2 heterocycles. The van der Waals surface area contributed by atoms with Gasteiger partial charge >= 0.3 is 0 Å². The summed E-state index contributed by atoms with van der Waals surface area (Å²) in [7, 11) is 2.00. The van der Waals surface area contributed by atoms with Gasteiger partial charge in [-0.05, 0) is 6.42 Å². The van der Waals surface area contributed by atoms with Gasteiger partial charge in [0.25, 0.3) is 0 Å². The highest BCUT2D eigenvalue weighted by molar-refractivity contribution is 6.11. The average molecular weight is 228 g/mol. The first-order valence-electron chi connectivity index (χ1n) is 6.25. The Morgan fingerprint density at radius 3 is 3.00 bits per heavy atom. The van der Waals surface area contributed by atoms with Gasteiger partial charge in [0.05, 0.1) is 24.3 Å². The van der Waals surface area contributed by atoms with Gasteiger partial charge in [0.2, 0.25) is 0 Å². The Labute approximate surface area is 97.7 Å². The number of aliphatic hydroxyl groups is 1. The van der Waals surface area contributed by atoms with Gasteiger partial charge in [-0.25, -0.2) is 0 Å². The molecule has 1 N–H and O–H groups in total. The highest BCUT2D eigenvalue weighted by Gasteiger charge is 2.51. The summed E-state index contributed by atoms with van der Waals surface area (Å²) in [5.74, 6) is 0. The maximum absolute atomic E-state index is 9.44. The molecule has 92 valence electrons. The number of unbranched alkanes of at least 4 members (excludes halogenated alkanes) is 1. The number of ether oxygens (including phenoxy) is 3. The van der Waals surface area contributed by atoms with E-state index in [-0.39, 0.29) is 25.0 Å². The predicted octanol–water partition coefficient (Wildman–Crippen LogP) is 0.0287. The molecule has 5 heteroatoms. The molecule has 16 heavy (non-hydrogen) atoms. The third kappa shape index (κ3) is 2.42. The van der Waals surface area contributed by atoms with Crippen LogP contribution in [0.25, 0.3) is 0 Å². The zero-order valence-corrected chi connectivity index (χ0v) is 10.1. The molecule has 0 radical (unpaired) electrons. The van der Waals surface area contributed by atoms with Crippen LogP contribution in [0.3, 0.4) is 0 Å². The van der Waals surface area contributed by atoms with E-state index in [1.54, 1.807) is 0 Å². The smallest absolute Gasteiger partial charge is 0.160 e. The molecule has 2 bridgehead atoms. The van der Waals surface area contributed by atoms with E-state index < -0.39 is 5.60 Å². The lowest BCUT2D eigenvalue weighted by molar-refractivity contribution is -0.204. The minimum Gasteiger partial charge on any atom is -0.393 e. The van der Waals surface area contributed by atoms with E-state index in [0.29, 0.717) is 6.42 Å². The van der Waals surface area contributed by atoms with Crippen LogP contribution in [0.5, 0.6) is 0 Å². The van der Waals surface area contributed by atoms with Crippen LogP contribution < -0.4 is 0 Å². The fourth-order valence-corrected chi connectivity index (χ4v) is 2.51. The van der Waals surface area contributed by atoms with E-state index in [0.717, 1.165) is 25.9 Å². The van der Waals surface area contributed by atoms with E-state index in [9.17, 15) is 5.11 Å². The standard InChI is InChI=1S/C11H21BO4/c1-2-3-4-14-9-6-11(7-13)5-8(15-9)10(12)16-11/h8-10,13H,2-7,12H2,1H3/t8?,9?,10-,11-/m1/s1. The van der Waals surface area contributed by atoms with Crippen molar-refractivity contribution < 1.29 is 19.3 Å². The monoisotopic (exact) mass is 228 g/mol. The van der Waals surface area contributed by atoms with Gasteiger partial charge < -0.3 is 19.3 Å². The molecule has 2 aliphatic heterocycles. The summed E-state index contributed by atoms with van der Waals surface area (Å²) in [5, 5.41) is 9.44. The van der Waals surface area contributed by atoms with E-state index in [1.807, 2.05) is 7.85 Å². The van der Waals surface area contributed by atoms with E-state index in [1.165, 1.54) is 0 Å². The van der Waals surface area contributed by atoms with Crippen molar-refractivity contribution in [3.63, 3.8) is 0 Å². The quantitative estimate of drug-likeness (QED) is 0.532. The van der Waals surface area contributed by atoms with Gasteiger partial charge in [0.15, 0.2) is 6.29 Å². The molecule has 4 nitrogen and oxygen atoms in total. The topological polar surface area (TPSA) is 47.9 Å². The largest absolute Gasteiger partial charge is 0.393 e. The molecule has 0 aliphatic carbocycles. The second-order valence-corrected chi connectivity index (χ2v) is 4.90. The number of fused-ring (bicyclic) bond motifs is 2. The minimum absolute atomic E-state index is 0.0604. The summed E-state index contributed by atoms with van der Waals surface area (Å²) >= 11 is 0. The lowest BCUT2D eigenvalue weighted by Gasteiger charge is -2.34. The van der Waals surface area contributed by atoms with Crippen LogP contribution in [0.1, 0.15) is 32.6 Å². The molecule has 0 amide bonds. The molecule has 2 aliphatic rings. The lowest BCUT2D eigenvalue weighted by atomic mass is 9.88. The first kappa shape index (κ1) is 12.4. The number of hydrogen-bond donors (Lipinski definition) is 1. The van der Waals surface area contributed by atoms with E-state index >= 15 is 0 Å². The minimum atomic E-state index is -0.417. The van der Waals surface area contributed by atoms with Crippen LogP contribution in [0.15, 0.2) is 0 Å². The molecule has 0 aromatic rings. The molecule has 2 rings (SSSR count). The SMILES string of the molecule is B[C@@H]1O[C@@]2(CO)CC(OCCCC)OC1C2. The fourth-order valence-electron chi connectivity index (χ4n) is 2.51. The number of hydrogen-bond acceptors (Lipinski definition) is 4. The zero-order chi connectivity index (χ0) is 11.6.